The first kappa shape index (κ1) is 31.1. The molecule has 0 radical (unpaired) electrons. The molecule has 0 unspecified atom stereocenters. The summed E-state index contributed by atoms with van der Waals surface area (Å²) in [7, 11) is 0. The topological polar surface area (TPSA) is 3.24 Å². The van der Waals surface area contributed by atoms with Crippen molar-refractivity contribution in [2.75, 3.05) is 4.90 Å². The van der Waals surface area contributed by atoms with Crippen molar-refractivity contribution in [1.82, 2.24) is 0 Å². The average molecular weight is 664 g/mol. The summed E-state index contributed by atoms with van der Waals surface area (Å²) >= 11 is 0. The Labute approximate surface area is 304 Å². The monoisotopic (exact) mass is 663 g/mol. The van der Waals surface area contributed by atoms with Crippen molar-refractivity contribution >= 4 is 27.8 Å². The summed E-state index contributed by atoms with van der Waals surface area (Å²) in [4.78, 5) is 2.54. The second-order valence-electron chi connectivity index (χ2n) is 16.9. The van der Waals surface area contributed by atoms with Gasteiger partial charge in [-0.15, -0.1) is 0 Å². The Balaban J connectivity index is 1.16. The quantitative estimate of drug-likeness (QED) is 0.171. The average Bonchev–Trinajstić information content (AvgIpc) is 3.87. The third-order valence-electron chi connectivity index (χ3n) is 13.7. The molecule has 0 aliphatic heterocycles. The fraction of sp³-hybridized carbons (Fsp3) is 0.320. The number of hydrogen-bond acceptors (Lipinski definition) is 1. The maximum atomic E-state index is 2.54. The Morgan fingerprint density at radius 3 is 1.96 bits per heavy atom. The molecular formula is C50H49N. The molecule has 0 heterocycles. The first-order valence-electron chi connectivity index (χ1n) is 19.8. The van der Waals surface area contributed by atoms with Gasteiger partial charge in [0, 0.05) is 22.5 Å². The van der Waals surface area contributed by atoms with Crippen LogP contribution in [0.3, 0.4) is 0 Å². The van der Waals surface area contributed by atoms with Gasteiger partial charge < -0.3 is 4.90 Å². The zero-order chi connectivity index (χ0) is 34.2. The molecule has 51 heavy (non-hydrogen) atoms. The van der Waals surface area contributed by atoms with E-state index < -0.39 is 0 Å². The molecule has 6 aromatic rings. The maximum Gasteiger partial charge on any atom is 0.0471 e. The van der Waals surface area contributed by atoms with E-state index in [0.29, 0.717) is 11.3 Å². The molecule has 1 nitrogen and oxygen atoms in total. The maximum absolute atomic E-state index is 2.54. The van der Waals surface area contributed by atoms with Gasteiger partial charge in [0.25, 0.3) is 0 Å². The van der Waals surface area contributed by atoms with E-state index in [4.69, 9.17) is 0 Å². The predicted molar refractivity (Wildman–Crippen MR) is 216 cm³/mol. The Kier molecular flexibility index (Phi) is 7.31. The fourth-order valence-electron chi connectivity index (χ4n) is 10.9. The van der Waals surface area contributed by atoms with Gasteiger partial charge in [0.05, 0.1) is 0 Å². The highest BCUT2D eigenvalue weighted by Crippen LogP contribution is 2.57. The highest BCUT2D eigenvalue weighted by atomic mass is 15.1. The summed E-state index contributed by atoms with van der Waals surface area (Å²) in [5, 5.41) is 2.57. The van der Waals surface area contributed by atoms with Crippen molar-refractivity contribution in [3.05, 3.63) is 150 Å². The fourth-order valence-corrected chi connectivity index (χ4v) is 10.9. The van der Waals surface area contributed by atoms with E-state index in [0.717, 1.165) is 5.92 Å². The van der Waals surface area contributed by atoms with Crippen molar-refractivity contribution < 1.29 is 0 Å². The summed E-state index contributed by atoms with van der Waals surface area (Å²) in [6.07, 6.45) is 13.7. The van der Waals surface area contributed by atoms with Crippen LogP contribution in [0, 0.1) is 5.92 Å². The van der Waals surface area contributed by atoms with Crippen LogP contribution in [0.2, 0.25) is 0 Å². The van der Waals surface area contributed by atoms with Crippen LogP contribution >= 0.6 is 0 Å². The summed E-state index contributed by atoms with van der Waals surface area (Å²) in [6.45, 7) is 4.83. The first-order valence-corrected chi connectivity index (χ1v) is 19.8. The van der Waals surface area contributed by atoms with E-state index in [1.807, 2.05) is 0 Å². The minimum Gasteiger partial charge on any atom is -0.310 e. The zero-order valence-corrected chi connectivity index (χ0v) is 30.3. The van der Waals surface area contributed by atoms with Crippen LogP contribution in [-0.2, 0) is 10.8 Å². The van der Waals surface area contributed by atoms with Crippen LogP contribution in [0.15, 0.2) is 127 Å². The van der Waals surface area contributed by atoms with Gasteiger partial charge in [-0.05, 0) is 160 Å². The molecule has 4 aliphatic carbocycles. The second-order valence-corrected chi connectivity index (χ2v) is 16.9. The number of benzene rings is 6. The molecule has 2 bridgehead atoms. The molecule has 0 N–H and O–H groups in total. The zero-order valence-electron chi connectivity index (χ0n) is 30.3. The van der Waals surface area contributed by atoms with Gasteiger partial charge in [0.15, 0.2) is 0 Å². The number of anilines is 3. The molecular weight excluding hydrogens is 615 g/mol. The molecule has 3 fully saturated rings. The van der Waals surface area contributed by atoms with Gasteiger partial charge in [0.2, 0.25) is 0 Å². The van der Waals surface area contributed by atoms with E-state index >= 15 is 0 Å². The van der Waals surface area contributed by atoms with Crippen molar-refractivity contribution in [3.8, 4) is 22.3 Å². The molecule has 0 aromatic heterocycles. The first-order chi connectivity index (χ1) is 25.0. The van der Waals surface area contributed by atoms with Gasteiger partial charge in [-0.3, -0.25) is 0 Å². The molecule has 0 saturated heterocycles. The van der Waals surface area contributed by atoms with Crippen LogP contribution < -0.4 is 4.90 Å². The molecule has 1 heteroatoms. The van der Waals surface area contributed by atoms with E-state index in [1.54, 1.807) is 5.56 Å². The normalized spacial score (nSPS) is 21.9. The molecule has 3 saturated carbocycles. The van der Waals surface area contributed by atoms with E-state index in [1.165, 1.54) is 131 Å². The van der Waals surface area contributed by atoms with E-state index in [-0.39, 0.29) is 5.41 Å². The number of rotatable bonds is 6. The molecule has 0 spiro atoms. The summed E-state index contributed by atoms with van der Waals surface area (Å²) < 4.78 is 0. The molecule has 6 aromatic carbocycles. The van der Waals surface area contributed by atoms with Crippen LogP contribution in [0.5, 0.6) is 0 Å². The lowest BCUT2D eigenvalue weighted by Crippen LogP contribution is -2.20. The summed E-state index contributed by atoms with van der Waals surface area (Å²) in [5.74, 6) is 1.64. The van der Waals surface area contributed by atoms with Gasteiger partial charge in [-0.25, -0.2) is 0 Å². The van der Waals surface area contributed by atoms with Crippen molar-refractivity contribution in [1.29, 1.82) is 0 Å². The number of fused-ring (bicyclic) bond motifs is 6. The second kappa shape index (κ2) is 12.0. The van der Waals surface area contributed by atoms with Crippen LogP contribution in [0.25, 0.3) is 33.0 Å². The lowest BCUT2D eigenvalue weighted by atomic mass is 9.78. The molecule has 10 rings (SSSR count). The van der Waals surface area contributed by atoms with E-state index in [2.05, 4.69) is 146 Å². The van der Waals surface area contributed by atoms with Gasteiger partial charge in [-0.2, -0.15) is 0 Å². The van der Waals surface area contributed by atoms with Gasteiger partial charge >= 0.3 is 0 Å². The highest BCUT2D eigenvalue weighted by Gasteiger charge is 2.45. The van der Waals surface area contributed by atoms with Crippen molar-refractivity contribution in [2.45, 2.75) is 94.8 Å². The third kappa shape index (κ3) is 5.10. The molecule has 4 aliphatic rings. The Hall–Kier alpha value is -4.62. The largest absolute Gasteiger partial charge is 0.310 e. The Morgan fingerprint density at radius 1 is 0.549 bits per heavy atom. The van der Waals surface area contributed by atoms with Crippen LogP contribution in [-0.4, -0.2) is 0 Å². The summed E-state index contributed by atoms with van der Waals surface area (Å²) in [5.41, 5.74) is 15.2. The molecule has 0 amide bonds. The molecule has 254 valence electrons. The lowest BCUT2D eigenvalue weighted by molar-refractivity contribution is 0.419. The number of hydrogen-bond donors (Lipinski definition) is 0. The highest BCUT2D eigenvalue weighted by molar-refractivity contribution is 5.98. The molecule has 0 atom stereocenters. The third-order valence-corrected chi connectivity index (χ3v) is 13.7. The Bertz CT molecular complexity index is 2240. The minimum atomic E-state index is -0.117. The van der Waals surface area contributed by atoms with E-state index in [9.17, 15) is 0 Å². The van der Waals surface area contributed by atoms with Crippen LogP contribution in [0.4, 0.5) is 17.1 Å². The standard InChI is InChI=1S/C50H49N/c1-49(2)46-15-9-8-14-44(46)48-45(39-17-16-36-12-6-7-13-38(36)30-39)31-43(32-47(48)49)51(41-22-18-37(19-23-41)35-10-4-3-5-11-35)42-24-20-40(21-25-42)50-28-26-34(33-50)27-29-50/h6-9,12-25,30-32,34-35H,3-5,10-11,26-29,33H2,1-2H3. The number of nitrogens with zero attached hydrogens (tertiary/aromatic N) is 1. The van der Waals surface area contributed by atoms with Gasteiger partial charge in [-0.1, -0.05) is 118 Å². The SMILES string of the molecule is CC1(C)c2ccccc2-c2c(-c3ccc4ccccc4c3)cc(N(c3ccc(C4CCCCC4)cc3)c3ccc(C45CCC(CC4)C5)cc3)cc21. The Morgan fingerprint density at radius 2 is 1.24 bits per heavy atom. The predicted octanol–water partition coefficient (Wildman–Crippen LogP) is 14.2. The summed E-state index contributed by atoms with van der Waals surface area (Å²) in [6, 6.07) is 49.4. The smallest absolute Gasteiger partial charge is 0.0471 e. The van der Waals surface area contributed by atoms with Gasteiger partial charge in [0.1, 0.15) is 0 Å². The van der Waals surface area contributed by atoms with Crippen molar-refractivity contribution in [3.63, 3.8) is 0 Å². The minimum absolute atomic E-state index is 0.117. The van der Waals surface area contributed by atoms with Crippen LogP contribution in [0.1, 0.15) is 106 Å². The van der Waals surface area contributed by atoms with Crippen molar-refractivity contribution in [2.24, 2.45) is 5.92 Å². The lowest BCUT2D eigenvalue weighted by Gasteiger charge is -2.31.